The van der Waals surface area contributed by atoms with Gasteiger partial charge in [0.1, 0.15) is 0 Å². The summed E-state index contributed by atoms with van der Waals surface area (Å²) >= 11 is 0. The van der Waals surface area contributed by atoms with E-state index in [0.717, 1.165) is 23.2 Å². The second kappa shape index (κ2) is 8.31. The van der Waals surface area contributed by atoms with Gasteiger partial charge in [0.15, 0.2) is 0 Å². The molecule has 4 rings (SSSR count). The highest BCUT2D eigenvalue weighted by Gasteiger charge is 2.30. The van der Waals surface area contributed by atoms with E-state index in [9.17, 15) is 9.59 Å². The van der Waals surface area contributed by atoms with E-state index in [0.29, 0.717) is 13.1 Å². The van der Waals surface area contributed by atoms with Gasteiger partial charge in [-0.15, -0.1) is 0 Å². The lowest BCUT2D eigenvalue weighted by atomic mass is 9.90. The highest BCUT2D eigenvalue weighted by molar-refractivity contribution is 5.79. The number of carbonyl (C=O) groups excluding carboxylic acids is 2. The molecule has 6 nitrogen and oxygen atoms in total. The zero-order chi connectivity index (χ0) is 20.2. The summed E-state index contributed by atoms with van der Waals surface area (Å²) in [5, 5.41) is 7.20. The zero-order valence-corrected chi connectivity index (χ0v) is 16.4. The van der Waals surface area contributed by atoms with Crippen LogP contribution in [0.25, 0.3) is 5.69 Å². The summed E-state index contributed by atoms with van der Waals surface area (Å²) in [5.41, 5.74) is 4.28. The summed E-state index contributed by atoms with van der Waals surface area (Å²) in [4.78, 5) is 26.6. The van der Waals surface area contributed by atoms with E-state index in [1.165, 1.54) is 5.56 Å². The standard InChI is InChI=1S/C23H24N4O2/c1-17(28)26-14-11-19-5-2-3-6-21(19)22(26)15-23(29)24-16-18-7-9-20(10-8-18)27-13-4-12-25-27/h2-10,12-13,22H,11,14-16H2,1H3,(H,24,29). The molecule has 3 aromatic rings. The van der Waals surface area contributed by atoms with Gasteiger partial charge in [0.2, 0.25) is 11.8 Å². The molecule has 2 heterocycles. The third-order valence-corrected chi connectivity index (χ3v) is 5.39. The molecular weight excluding hydrogens is 364 g/mol. The maximum Gasteiger partial charge on any atom is 0.222 e. The Hall–Kier alpha value is -3.41. The fourth-order valence-corrected chi connectivity index (χ4v) is 3.89. The van der Waals surface area contributed by atoms with E-state index >= 15 is 0 Å². The third-order valence-electron chi connectivity index (χ3n) is 5.39. The van der Waals surface area contributed by atoms with Crippen molar-refractivity contribution in [3.05, 3.63) is 83.7 Å². The first kappa shape index (κ1) is 18.9. The van der Waals surface area contributed by atoms with Gasteiger partial charge in [-0.2, -0.15) is 5.10 Å². The molecule has 29 heavy (non-hydrogen) atoms. The minimum absolute atomic E-state index is 0.00603. The molecule has 0 fully saturated rings. The quantitative estimate of drug-likeness (QED) is 0.731. The molecule has 1 aromatic heterocycles. The Morgan fingerprint density at radius 3 is 2.62 bits per heavy atom. The summed E-state index contributed by atoms with van der Waals surface area (Å²) in [5.74, 6) is -0.0550. The molecule has 0 saturated heterocycles. The normalized spacial score (nSPS) is 15.6. The average molecular weight is 388 g/mol. The second-order valence-electron chi connectivity index (χ2n) is 7.27. The molecule has 2 aromatic carbocycles. The van der Waals surface area contributed by atoms with E-state index in [1.807, 2.05) is 54.7 Å². The SMILES string of the molecule is CC(=O)N1CCc2ccccc2C1CC(=O)NCc1ccc(-n2cccn2)cc1. The highest BCUT2D eigenvalue weighted by atomic mass is 16.2. The lowest BCUT2D eigenvalue weighted by Gasteiger charge is -2.36. The van der Waals surface area contributed by atoms with E-state index in [4.69, 9.17) is 0 Å². The summed E-state index contributed by atoms with van der Waals surface area (Å²) < 4.78 is 1.79. The molecule has 1 N–H and O–H groups in total. The molecule has 0 aliphatic carbocycles. The van der Waals surface area contributed by atoms with Gasteiger partial charge in [0.25, 0.3) is 0 Å². The van der Waals surface area contributed by atoms with Crippen molar-refractivity contribution < 1.29 is 9.59 Å². The van der Waals surface area contributed by atoms with Gasteiger partial charge < -0.3 is 10.2 Å². The molecule has 0 radical (unpaired) electrons. The zero-order valence-electron chi connectivity index (χ0n) is 16.4. The van der Waals surface area contributed by atoms with Crippen LogP contribution in [0.4, 0.5) is 0 Å². The third kappa shape index (κ3) is 4.21. The monoisotopic (exact) mass is 388 g/mol. The Morgan fingerprint density at radius 1 is 1.10 bits per heavy atom. The number of nitrogens with zero attached hydrogens (tertiary/aromatic N) is 3. The fraction of sp³-hybridized carbons (Fsp3) is 0.261. The number of hydrogen-bond acceptors (Lipinski definition) is 3. The molecule has 6 heteroatoms. The summed E-state index contributed by atoms with van der Waals surface area (Å²) in [7, 11) is 0. The van der Waals surface area contributed by atoms with E-state index in [1.54, 1.807) is 22.7 Å². The number of benzene rings is 2. The van der Waals surface area contributed by atoms with E-state index in [2.05, 4.69) is 16.5 Å². The van der Waals surface area contributed by atoms with Crippen LogP contribution in [0, 0.1) is 0 Å². The minimum atomic E-state index is -0.209. The number of hydrogen-bond donors (Lipinski definition) is 1. The van der Waals surface area contributed by atoms with Crippen molar-refractivity contribution >= 4 is 11.8 Å². The summed E-state index contributed by atoms with van der Waals surface area (Å²) in [6.45, 7) is 2.67. The van der Waals surface area contributed by atoms with Gasteiger partial charge in [-0.3, -0.25) is 9.59 Å². The van der Waals surface area contributed by atoms with Crippen LogP contribution in [0.3, 0.4) is 0 Å². The van der Waals surface area contributed by atoms with Gasteiger partial charge in [-0.1, -0.05) is 36.4 Å². The van der Waals surface area contributed by atoms with Crippen LogP contribution in [0.2, 0.25) is 0 Å². The molecule has 0 saturated carbocycles. The molecule has 0 spiro atoms. The molecule has 1 unspecified atom stereocenters. The molecular formula is C23H24N4O2. The van der Waals surface area contributed by atoms with Crippen molar-refractivity contribution in [2.45, 2.75) is 32.4 Å². The van der Waals surface area contributed by atoms with Gasteiger partial charge in [0.05, 0.1) is 18.2 Å². The number of carbonyl (C=O) groups is 2. The van der Waals surface area contributed by atoms with Crippen LogP contribution >= 0.6 is 0 Å². The first-order chi connectivity index (χ1) is 14.1. The molecule has 1 atom stereocenters. The molecule has 0 bridgehead atoms. The number of nitrogens with one attached hydrogen (secondary N) is 1. The topological polar surface area (TPSA) is 67.2 Å². The minimum Gasteiger partial charge on any atom is -0.352 e. The van der Waals surface area contributed by atoms with Gasteiger partial charge in [0, 0.05) is 32.4 Å². The molecule has 1 aliphatic heterocycles. The van der Waals surface area contributed by atoms with E-state index < -0.39 is 0 Å². The van der Waals surface area contributed by atoms with Crippen LogP contribution < -0.4 is 5.32 Å². The fourth-order valence-electron chi connectivity index (χ4n) is 3.89. The van der Waals surface area contributed by atoms with Crippen LogP contribution in [-0.4, -0.2) is 33.0 Å². The molecule has 2 amide bonds. The van der Waals surface area contributed by atoms with Gasteiger partial charge >= 0.3 is 0 Å². The van der Waals surface area contributed by atoms with Crippen molar-refractivity contribution in [1.29, 1.82) is 0 Å². The lowest BCUT2D eigenvalue weighted by molar-refractivity contribution is -0.133. The predicted octanol–water partition coefficient (Wildman–Crippen LogP) is 3.02. The van der Waals surface area contributed by atoms with Crippen molar-refractivity contribution in [3.63, 3.8) is 0 Å². The Morgan fingerprint density at radius 2 is 1.90 bits per heavy atom. The van der Waals surface area contributed by atoms with Crippen LogP contribution in [-0.2, 0) is 22.6 Å². The number of amides is 2. The maximum absolute atomic E-state index is 12.7. The Bertz CT molecular complexity index is 996. The highest BCUT2D eigenvalue weighted by Crippen LogP contribution is 2.32. The summed E-state index contributed by atoms with van der Waals surface area (Å²) in [6.07, 6.45) is 4.72. The molecule has 148 valence electrons. The van der Waals surface area contributed by atoms with E-state index in [-0.39, 0.29) is 24.3 Å². The van der Waals surface area contributed by atoms with Crippen molar-refractivity contribution in [3.8, 4) is 5.69 Å². The molecule has 1 aliphatic rings. The van der Waals surface area contributed by atoms with Crippen molar-refractivity contribution in [2.24, 2.45) is 0 Å². The smallest absolute Gasteiger partial charge is 0.222 e. The lowest BCUT2D eigenvalue weighted by Crippen LogP contribution is -2.41. The maximum atomic E-state index is 12.7. The van der Waals surface area contributed by atoms with Gasteiger partial charge in [-0.25, -0.2) is 4.68 Å². The first-order valence-corrected chi connectivity index (χ1v) is 9.82. The van der Waals surface area contributed by atoms with Crippen molar-refractivity contribution in [1.82, 2.24) is 20.0 Å². The number of aromatic nitrogens is 2. The summed E-state index contributed by atoms with van der Waals surface area (Å²) in [6, 6.07) is 17.7. The first-order valence-electron chi connectivity index (χ1n) is 9.82. The average Bonchev–Trinajstić information content (AvgIpc) is 3.27. The van der Waals surface area contributed by atoms with Gasteiger partial charge in [-0.05, 0) is 41.3 Å². The predicted molar refractivity (Wildman–Crippen MR) is 110 cm³/mol. The number of fused-ring (bicyclic) bond motifs is 1. The van der Waals surface area contributed by atoms with Crippen LogP contribution in [0.1, 0.15) is 36.1 Å². The second-order valence-corrected chi connectivity index (χ2v) is 7.27. The largest absolute Gasteiger partial charge is 0.352 e. The van der Waals surface area contributed by atoms with Crippen molar-refractivity contribution in [2.75, 3.05) is 6.54 Å². The Balaban J connectivity index is 1.40. The Labute approximate surface area is 170 Å². The Kier molecular flexibility index (Phi) is 5.42. The van der Waals surface area contributed by atoms with Crippen LogP contribution in [0.15, 0.2) is 67.0 Å². The van der Waals surface area contributed by atoms with Crippen LogP contribution in [0.5, 0.6) is 0 Å². The number of rotatable bonds is 5.